The summed E-state index contributed by atoms with van der Waals surface area (Å²) in [4.78, 5) is 11.7. The van der Waals surface area contributed by atoms with Gasteiger partial charge in [0, 0.05) is 0 Å². The van der Waals surface area contributed by atoms with Crippen LogP contribution in [0, 0.1) is 0 Å². The highest BCUT2D eigenvalue weighted by Crippen LogP contribution is 2.31. The molecule has 0 N–H and O–H groups in total. The number of hydrogen-bond acceptors (Lipinski definition) is 5. The minimum Gasteiger partial charge on any atom is -0.443 e. The summed E-state index contributed by atoms with van der Waals surface area (Å²) in [7, 11) is -4.02. The summed E-state index contributed by atoms with van der Waals surface area (Å²) in [5, 5.41) is 0. The molecule has 7 heteroatoms. The van der Waals surface area contributed by atoms with Gasteiger partial charge in [0.15, 0.2) is 0 Å². The van der Waals surface area contributed by atoms with Gasteiger partial charge < -0.3 is 4.74 Å². The Bertz CT molecular complexity index is 411. The number of rotatable bonds is 1. The molecule has 17 heavy (non-hydrogen) atoms. The maximum Gasteiger partial charge on any atom is 0.425 e. The number of amides is 1. The number of nitrogens with zero attached hydrogens (tertiary/aromatic N) is 1. The third kappa shape index (κ3) is 3.32. The van der Waals surface area contributed by atoms with E-state index in [0.29, 0.717) is 10.7 Å². The Morgan fingerprint density at radius 3 is 2.35 bits per heavy atom. The van der Waals surface area contributed by atoms with Crippen LogP contribution in [0.5, 0.6) is 0 Å². The lowest BCUT2D eigenvalue weighted by atomic mass is 10.0. The van der Waals surface area contributed by atoms with Crippen LogP contribution in [0.1, 0.15) is 41.0 Å². The fraction of sp³-hybridized carbons (Fsp3) is 0.900. The average molecular weight is 265 g/mol. The lowest BCUT2D eigenvalue weighted by molar-refractivity contribution is 0.0370. The molecular formula is C10H19NO5S. The van der Waals surface area contributed by atoms with Crippen LogP contribution in [0.3, 0.4) is 0 Å². The van der Waals surface area contributed by atoms with Gasteiger partial charge in [-0.05, 0) is 34.1 Å². The molecule has 1 aliphatic heterocycles. The molecule has 0 aliphatic carbocycles. The van der Waals surface area contributed by atoms with Crippen molar-refractivity contribution in [3.05, 3.63) is 0 Å². The Morgan fingerprint density at radius 1 is 1.47 bits per heavy atom. The first-order valence-corrected chi connectivity index (χ1v) is 6.82. The van der Waals surface area contributed by atoms with Crippen molar-refractivity contribution in [1.82, 2.24) is 4.31 Å². The first-order valence-electron chi connectivity index (χ1n) is 5.45. The highest BCUT2D eigenvalue weighted by Gasteiger charge is 2.48. The van der Waals surface area contributed by atoms with Gasteiger partial charge in [0.1, 0.15) is 11.2 Å². The van der Waals surface area contributed by atoms with Gasteiger partial charge in [-0.15, -0.1) is 0 Å². The standard InChI is InChI=1S/C10H19NO5S/c1-6-10(5)7-11(17(13,14)16-10)8(12)15-9(2,3)4/h6-7H2,1-5H3. The van der Waals surface area contributed by atoms with Gasteiger partial charge in [0.25, 0.3) is 0 Å². The molecule has 1 fully saturated rings. The third-order valence-corrected chi connectivity index (χ3v) is 3.83. The second-order valence-corrected chi connectivity index (χ2v) is 6.79. The van der Waals surface area contributed by atoms with E-state index in [0.717, 1.165) is 0 Å². The van der Waals surface area contributed by atoms with Crippen LogP contribution in [0.4, 0.5) is 4.79 Å². The molecular weight excluding hydrogens is 246 g/mol. The van der Waals surface area contributed by atoms with Gasteiger partial charge in [-0.2, -0.15) is 12.7 Å². The Labute approximate surface area is 102 Å². The van der Waals surface area contributed by atoms with Gasteiger partial charge in [0.05, 0.1) is 6.54 Å². The second-order valence-electron chi connectivity index (χ2n) is 5.33. The molecule has 1 heterocycles. The van der Waals surface area contributed by atoms with Crippen molar-refractivity contribution in [3.63, 3.8) is 0 Å². The summed E-state index contributed by atoms with van der Waals surface area (Å²) >= 11 is 0. The molecule has 6 nitrogen and oxygen atoms in total. The molecule has 1 unspecified atom stereocenters. The van der Waals surface area contributed by atoms with Crippen LogP contribution in [-0.4, -0.2) is 36.6 Å². The van der Waals surface area contributed by atoms with Crippen LogP contribution < -0.4 is 0 Å². The monoisotopic (exact) mass is 265 g/mol. The molecule has 0 aromatic carbocycles. The summed E-state index contributed by atoms with van der Waals surface area (Å²) in [6.45, 7) is 8.46. The summed E-state index contributed by atoms with van der Waals surface area (Å²) in [6, 6.07) is 0. The Hall–Kier alpha value is -0.820. The molecule has 0 aromatic rings. The van der Waals surface area contributed by atoms with Crippen molar-refractivity contribution < 1.29 is 22.1 Å². The summed E-state index contributed by atoms with van der Waals surface area (Å²) in [5.74, 6) is 0. The van der Waals surface area contributed by atoms with Crippen molar-refractivity contribution in [1.29, 1.82) is 0 Å². The van der Waals surface area contributed by atoms with Gasteiger partial charge in [-0.25, -0.2) is 8.98 Å². The van der Waals surface area contributed by atoms with E-state index in [9.17, 15) is 13.2 Å². The summed E-state index contributed by atoms with van der Waals surface area (Å²) in [5.41, 5.74) is -1.60. The minimum atomic E-state index is -4.02. The van der Waals surface area contributed by atoms with Crippen molar-refractivity contribution in [2.45, 2.75) is 52.2 Å². The minimum absolute atomic E-state index is 0.0131. The van der Waals surface area contributed by atoms with Crippen LogP contribution in [-0.2, 0) is 19.2 Å². The van der Waals surface area contributed by atoms with E-state index >= 15 is 0 Å². The van der Waals surface area contributed by atoms with Crippen molar-refractivity contribution in [3.8, 4) is 0 Å². The van der Waals surface area contributed by atoms with Gasteiger partial charge in [-0.1, -0.05) is 6.92 Å². The highest BCUT2D eigenvalue weighted by molar-refractivity contribution is 7.85. The average Bonchev–Trinajstić information content (AvgIpc) is 2.34. The van der Waals surface area contributed by atoms with Gasteiger partial charge in [0.2, 0.25) is 0 Å². The molecule has 100 valence electrons. The van der Waals surface area contributed by atoms with E-state index in [4.69, 9.17) is 8.92 Å². The fourth-order valence-electron chi connectivity index (χ4n) is 1.35. The predicted molar refractivity (Wildman–Crippen MR) is 61.6 cm³/mol. The molecule has 0 spiro atoms. The van der Waals surface area contributed by atoms with E-state index in [1.54, 1.807) is 34.6 Å². The molecule has 0 radical (unpaired) electrons. The summed E-state index contributed by atoms with van der Waals surface area (Å²) in [6.07, 6.45) is -0.402. The first-order chi connectivity index (χ1) is 7.49. The molecule has 0 aromatic heterocycles. The number of hydrogen-bond donors (Lipinski definition) is 0. The highest BCUT2D eigenvalue weighted by atomic mass is 32.2. The van der Waals surface area contributed by atoms with E-state index in [2.05, 4.69) is 0 Å². The largest absolute Gasteiger partial charge is 0.443 e. The smallest absolute Gasteiger partial charge is 0.425 e. The Balaban J connectivity index is 2.89. The topological polar surface area (TPSA) is 72.9 Å². The Kier molecular flexibility index (Phi) is 3.46. The fourth-order valence-corrected chi connectivity index (χ4v) is 2.77. The van der Waals surface area contributed by atoms with Crippen LogP contribution in [0.15, 0.2) is 0 Å². The third-order valence-electron chi connectivity index (χ3n) is 2.40. The zero-order valence-electron chi connectivity index (χ0n) is 10.8. The second kappa shape index (κ2) is 4.13. The van der Waals surface area contributed by atoms with Crippen LogP contribution in [0.25, 0.3) is 0 Å². The van der Waals surface area contributed by atoms with Crippen molar-refractivity contribution >= 4 is 16.4 Å². The lowest BCUT2D eigenvalue weighted by Crippen LogP contribution is -2.39. The van der Waals surface area contributed by atoms with Crippen molar-refractivity contribution in [2.75, 3.05) is 6.54 Å². The molecule has 0 saturated carbocycles. The quantitative estimate of drug-likeness (QED) is 0.721. The number of carbonyl (C=O) groups is 1. The van der Waals surface area contributed by atoms with E-state index in [-0.39, 0.29) is 6.54 Å². The van der Waals surface area contributed by atoms with E-state index in [1.165, 1.54) is 0 Å². The number of ether oxygens (including phenoxy) is 1. The molecule has 0 bridgehead atoms. The maximum absolute atomic E-state index is 11.7. The molecule has 1 amide bonds. The molecule has 1 atom stereocenters. The zero-order valence-corrected chi connectivity index (χ0v) is 11.6. The Morgan fingerprint density at radius 2 is 2.00 bits per heavy atom. The normalized spacial score (nSPS) is 28.2. The van der Waals surface area contributed by atoms with E-state index in [1.807, 2.05) is 0 Å². The molecule has 1 rings (SSSR count). The predicted octanol–water partition coefficient (Wildman–Crippen LogP) is 1.67. The van der Waals surface area contributed by atoms with Crippen LogP contribution >= 0.6 is 0 Å². The molecule has 1 saturated heterocycles. The maximum atomic E-state index is 11.7. The molecule has 1 aliphatic rings. The van der Waals surface area contributed by atoms with Crippen LogP contribution in [0.2, 0.25) is 0 Å². The number of carbonyl (C=O) groups excluding carboxylic acids is 1. The first kappa shape index (κ1) is 14.2. The van der Waals surface area contributed by atoms with E-state index < -0.39 is 27.6 Å². The van der Waals surface area contributed by atoms with Gasteiger partial charge in [-0.3, -0.25) is 0 Å². The lowest BCUT2D eigenvalue weighted by Gasteiger charge is -2.23. The summed E-state index contributed by atoms with van der Waals surface area (Å²) < 4.78 is 33.9. The van der Waals surface area contributed by atoms with Gasteiger partial charge >= 0.3 is 16.4 Å². The SMILES string of the molecule is CCC1(C)CN(C(=O)OC(C)(C)C)S(=O)(=O)O1. The van der Waals surface area contributed by atoms with Crippen molar-refractivity contribution in [2.24, 2.45) is 0 Å². The zero-order chi connectivity index (χ0) is 13.5.